The zero-order chi connectivity index (χ0) is 14.2. The molecule has 0 bridgehead atoms. The second-order valence-electron chi connectivity index (χ2n) is 4.96. The van der Waals surface area contributed by atoms with Gasteiger partial charge in [-0.2, -0.15) is 0 Å². The van der Waals surface area contributed by atoms with E-state index in [1.54, 1.807) is 17.7 Å². The van der Waals surface area contributed by atoms with Crippen LogP contribution in [0, 0.1) is 6.92 Å². The predicted molar refractivity (Wildman–Crippen MR) is 87.4 cm³/mol. The van der Waals surface area contributed by atoms with Crippen LogP contribution in [0.2, 0.25) is 0 Å². The average Bonchev–Trinajstić information content (AvgIpc) is 3.15. The van der Waals surface area contributed by atoms with E-state index in [0.29, 0.717) is 0 Å². The van der Waals surface area contributed by atoms with Crippen LogP contribution >= 0.6 is 11.3 Å². The van der Waals surface area contributed by atoms with Gasteiger partial charge in [0, 0.05) is 6.20 Å². The molecule has 0 aliphatic rings. The molecular weight excluding hydrogens is 278 g/mol. The minimum absolute atomic E-state index is 0.996. The van der Waals surface area contributed by atoms with Crippen LogP contribution < -0.4 is 0 Å². The van der Waals surface area contributed by atoms with Crippen molar-refractivity contribution in [2.45, 2.75) is 6.92 Å². The Morgan fingerprint density at radius 3 is 2.43 bits per heavy atom. The molecule has 0 unspecified atom stereocenters. The summed E-state index contributed by atoms with van der Waals surface area (Å²) in [6.07, 6.45) is 3.66. The number of nitrogens with one attached hydrogen (secondary N) is 1. The fourth-order valence-electron chi connectivity index (χ4n) is 2.44. The fraction of sp³-hybridized carbons (Fsp3) is 0.0588. The van der Waals surface area contributed by atoms with Crippen molar-refractivity contribution in [2.24, 2.45) is 0 Å². The monoisotopic (exact) mass is 291 g/mol. The lowest BCUT2D eigenvalue weighted by atomic mass is 10.0. The summed E-state index contributed by atoms with van der Waals surface area (Å²) in [6, 6.07) is 14.9. The molecule has 0 amide bonds. The maximum Gasteiger partial charge on any atom is 0.0931 e. The molecule has 3 nitrogen and oxygen atoms in total. The number of imidazole rings is 1. The maximum absolute atomic E-state index is 4.31. The smallest absolute Gasteiger partial charge is 0.0931 e. The van der Waals surface area contributed by atoms with E-state index in [-0.39, 0.29) is 0 Å². The normalized spacial score (nSPS) is 11.1. The summed E-state index contributed by atoms with van der Waals surface area (Å²) in [5.74, 6) is 0. The molecule has 2 aromatic carbocycles. The lowest BCUT2D eigenvalue weighted by molar-refractivity contribution is 1.30. The van der Waals surface area contributed by atoms with Crippen LogP contribution in [0.1, 0.15) is 5.01 Å². The van der Waals surface area contributed by atoms with E-state index >= 15 is 0 Å². The van der Waals surface area contributed by atoms with Crippen LogP contribution in [0.5, 0.6) is 0 Å². The Hall–Kier alpha value is -2.46. The summed E-state index contributed by atoms with van der Waals surface area (Å²) in [5.41, 5.74) is 5.67. The highest BCUT2D eigenvalue weighted by Gasteiger charge is 2.04. The van der Waals surface area contributed by atoms with Crippen LogP contribution in [-0.2, 0) is 0 Å². The van der Waals surface area contributed by atoms with E-state index in [1.807, 2.05) is 19.2 Å². The third-order valence-electron chi connectivity index (χ3n) is 3.54. The summed E-state index contributed by atoms with van der Waals surface area (Å²) in [7, 11) is 0. The Labute approximate surface area is 126 Å². The summed E-state index contributed by atoms with van der Waals surface area (Å²) in [4.78, 5) is 12.9. The largest absolute Gasteiger partial charge is 0.345 e. The highest BCUT2D eigenvalue weighted by molar-refractivity contribution is 7.15. The molecule has 0 aliphatic heterocycles. The first-order chi connectivity index (χ1) is 10.3. The summed E-state index contributed by atoms with van der Waals surface area (Å²) in [6.45, 7) is 2.03. The Morgan fingerprint density at radius 1 is 0.905 bits per heavy atom. The van der Waals surface area contributed by atoms with Crippen LogP contribution in [0.4, 0.5) is 0 Å². The predicted octanol–water partition coefficient (Wildman–Crippen LogP) is 4.66. The van der Waals surface area contributed by atoms with Gasteiger partial charge < -0.3 is 4.98 Å². The molecule has 2 heterocycles. The Kier molecular flexibility index (Phi) is 2.82. The molecule has 0 atom stereocenters. The molecule has 4 aromatic rings. The number of aromatic amines is 1. The lowest BCUT2D eigenvalue weighted by Crippen LogP contribution is -1.79. The molecular formula is C17H13N3S. The summed E-state index contributed by atoms with van der Waals surface area (Å²) in [5, 5.41) is 1.10. The average molecular weight is 291 g/mol. The van der Waals surface area contributed by atoms with Crippen molar-refractivity contribution in [2.75, 3.05) is 0 Å². The van der Waals surface area contributed by atoms with Gasteiger partial charge in [-0.25, -0.2) is 9.97 Å². The summed E-state index contributed by atoms with van der Waals surface area (Å²) < 4.78 is 0. The van der Waals surface area contributed by atoms with Gasteiger partial charge in [-0.05, 0) is 35.7 Å². The molecule has 4 heteroatoms. The number of nitrogens with zero attached hydrogens (tertiary/aromatic N) is 2. The van der Waals surface area contributed by atoms with Crippen molar-refractivity contribution in [1.29, 1.82) is 0 Å². The van der Waals surface area contributed by atoms with Gasteiger partial charge in [-0.3, -0.25) is 0 Å². The maximum atomic E-state index is 4.31. The second-order valence-corrected chi connectivity index (χ2v) is 6.19. The van der Waals surface area contributed by atoms with Gasteiger partial charge in [0.2, 0.25) is 0 Å². The molecule has 0 saturated heterocycles. The van der Waals surface area contributed by atoms with E-state index in [0.717, 1.165) is 16.0 Å². The molecule has 2 aromatic heterocycles. The van der Waals surface area contributed by atoms with Gasteiger partial charge in [-0.15, -0.1) is 11.3 Å². The molecule has 0 aliphatic carbocycles. The Morgan fingerprint density at radius 2 is 1.67 bits per heavy atom. The first kappa shape index (κ1) is 12.3. The highest BCUT2D eigenvalue weighted by atomic mass is 32.1. The van der Waals surface area contributed by atoms with Crippen molar-refractivity contribution in [1.82, 2.24) is 15.0 Å². The van der Waals surface area contributed by atoms with Crippen LogP contribution in [0.15, 0.2) is 55.0 Å². The van der Waals surface area contributed by atoms with Gasteiger partial charge in [0.15, 0.2) is 0 Å². The number of rotatable bonds is 2. The zero-order valence-electron chi connectivity index (χ0n) is 11.5. The van der Waals surface area contributed by atoms with E-state index in [2.05, 4.69) is 51.4 Å². The third-order valence-corrected chi connectivity index (χ3v) is 4.51. The second kappa shape index (κ2) is 4.82. The number of hydrogen-bond donors (Lipinski definition) is 1. The molecule has 4 rings (SSSR count). The van der Waals surface area contributed by atoms with E-state index < -0.39 is 0 Å². The molecule has 0 fully saturated rings. The zero-order valence-corrected chi connectivity index (χ0v) is 12.3. The van der Waals surface area contributed by atoms with Crippen molar-refractivity contribution in [3.05, 3.63) is 60.0 Å². The third kappa shape index (κ3) is 2.23. The SMILES string of the molecule is Cc1ncc(-c2ccc(-c3ccc4nc[nH]c4c3)cc2)s1. The van der Waals surface area contributed by atoms with Gasteiger partial charge in [0.05, 0.1) is 27.2 Å². The Balaban J connectivity index is 1.72. The van der Waals surface area contributed by atoms with Gasteiger partial charge in [0.1, 0.15) is 0 Å². The summed E-state index contributed by atoms with van der Waals surface area (Å²) >= 11 is 1.72. The fourth-order valence-corrected chi connectivity index (χ4v) is 3.22. The van der Waals surface area contributed by atoms with Crippen molar-refractivity contribution < 1.29 is 0 Å². The number of H-pyrrole nitrogens is 1. The van der Waals surface area contributed by atoms with Crippen LogP contribution in [-0.4, -0.2) is 15.0 Å². The topological polar surface area (TPSA) is 41.6 Å². The lowest BCUT2D eigenvalue weighted by Gasteiger charge is -2.03. The minimum Gasteiger partial charge on any atom is -0.345 e. The van der Waals surface area contributed by atoms with Crippen LogP contribution in [0.3, 0.4) is 0 Å². The Bertz CT molecular complexity index is 903. The quantitative estimate of drug-likeness (QED) is 0.583. The van der Waals surface area contributed by atoms with Crippen LogP contribution in [0.25, 0.3) is 32.6 Å². The first-order valence-corrected chi connectivity index (χ1v) is 7.58. The van der Waals surface area contributed by atoms with Gasteiger partial charge in [0.25, 0.3) is 0 Å². The van der Waals surface area contributed by atoms with E-state index in [4.69, 9.17) is 0 Å². The molecule has 102 valence electrons. The first-order valence-electron chi connectivity index (χ1n) is 6.76. The molecule has 21 heavy (non-hydrogen) atoms. The highest BCUT2D eigenvalue weighted by Crippen LogP contribution is 2.29. The minimum atomic E-state index is 0.996. The number of benzene rings is 2. The number of thiazole rings is 1. The van der Waals surface area contributed by atoms with E-state index in [1.165, 1.54) is 21.6 Å². The van der Waals surface area contributed by atoms with E-state index in [9.17, 15) is 0 Å². The standard InChI is InChI=1S/C17H13N3S/c1-11-18-9-17(21-11)13-4-2-12(3-5-13)14-6-7-15-16(8-14)20-10-19-15/h2-10H,1H3,(H,19,20). The number of aromatic nitrogens is 3. The van der Waals surface area contributed by atoms with Crippen molar-refractivity contribution >= 4 is 22.4 Å². The molecule has 0 saturated carbocycles. The molecule has 0 radical (unpaired) electrons. The molecule has 1 N–H and O–H groups in total. The van der Waals surface area contributed by atoms with Crippen molar-refractivity contribution in [3.8, 4) is 21.6 Å². The number of hydrogen-bond acceptors (Lipinski definition) is 3. The number of fused-ring (bicyclic) bond motifs is 1. The van der Waals surface area contributed by atoms with Crippen molar-refractivity contribution in [3.63, 3.8) is 0 Å². The van der Waals surface area contributed by atoms with Gasteiger partial charge in [-0.1, -0.05) is 30.3 Å². The number of aryl methyl sites for hydroxylation is 1. The molecule has 0 spiro atoms. The van der Waals surface area contributed by atoms with Gasteiger partial charge >= 0.3 is 0 Å².